The number of fused-ring (bicyclic) bond motifs is 1. The lowest BCUT2D eigenvalue weighted by atomic mass is 9.86. The van der Waals surface area contributed by atoms with Gasteiger partial charge in [-0.25, -0.2) is 0 Å². The van der Waals surface area contributed by atoms with Crippen LogP contribution in [0.25, 0.3) is 0 Å². The molecule has 0 saturated carbocycles. The lowest BCUT2D eigenvalue weighted by Crippen LogP contribution is -2.39. The number of methoxy groups -OCH3 is 1. The molecule has 1 heterocycles. The molecule has 1 unspecified atom stereocenters. The zero-order valence-corrected chi connectivity index (χ0v) is 15.8. The van der Waals surface area contributed by atoms with Gasteiger partial charge in [0.15, 0.2) is 0 Å². The highest BCUT2D eigenvalue weighted by atomic mass is 16.5. The van der Waals surface area contributed by atoms with E-state index in [1.54, 1.807) is 6.07 Å². The van der Waals surface area contributed by atoms with Gasteiger partial charge < -0.3 is 14.4 Å². The average Bonchev–Trinajstić information content (AvgIpc) is 2.56. The Bertz CT molecular complexity index is 753. The fraction of sp³-hybridized carbons (Fsp3) is 0.500. The molecule has 140 valence electrons. The van der Waals surface area contributed by atoms with Gasteiger partial charge in [-0.2, -0.15) is 0 Å². The van der Waals surface area contributed by atoms with E-state index in [1.807, 2.05) is 6.07 Å². The highest BCUT2D eigenvalue weighted by Gasteiger charge is 2.31. The predicted molar refractivity (Wildman–Crippen MR) is 97.5 cm³/mol. The number of carbonyl (C=O) groups excluding carboxylic acids is 4. The summed E-state index contributed by atoms with van der Waals surface area (Å²) in [6, 6.07) is 3.64. The summed E-state index contributed by atoms with van der Waals surface area (Å²) in [5, 5.41) is 0. The Morgan fingerprint density at radius 1 is 1.12 bits per heavy atom. The van der Waals surface area contributed by atoms with Crippen molar-refractivity contribution >= 4 is 28.9 Å². The van der Waals surface area contributed by atoms with E-state index in [9.17, 15) is 19.2 Å². The minimum Gasteiger partial charge on any atom is -0.495 e. The molecule has 0 N–H and O–H groups in total. The largest absolute Gasteiger partial charge is 0.495 e. The van der Waals surface area contributed by atoms with E-state index in [2.05, 4.69) is 0 Å². The van der Waals surface area contributed by atoms with Crippen molar-refractivity contribution in [1.29, 1.82) is 0 Å². The van der Waals surface area contributed by atoms with Gasteiger partial charge in [-0.3, -0.25) is 14.4 Å². The molecule has 0 aliphatic carbocycles. The fourth-order valence-corrected chi connectivity index (χ4v) is 3.44. The van der Waals surface area contributed by atoms with Crippen molar-refractivity contribution in [3.05, 3.63) is 23.3 Å². The Morgan fingerprint density at radius 2 is 1.81 bits per heavy atom. The number of ketones is 3. The maximum absolute atomic E-state index is 12.4. The monoisotopic (exact) mass is 359 g/mol. The minimum atomic E-state index is -0.385. The number of anilines is 1. The van der Waals surface area contributed by atoms with E-state index in [0.717, 1.165) is 11.1 Å². The number of hydrogen-bond donors (Lipinski definition) is 0. The van der Waals surface area contributed by atoms with Crippen molar-refractivity contribution in [2.45, 2.75) is 46.5 Å². The molecule has 6 nitrogen and oxygen atoms in total. The summed E-state index contributed by atoms with van der Waals surface area (Å²) in [5.74, 6) is -0.141. The molecule has 26 heavy (non-hydrogen) atoms. The third-order valence-electron chi connectivity index (χ3n) is 4.68. The van der Waals surface area contributed by atoms with Gasteiger partial charge in [0.1, 0.15) is 23.1 Å². The van der Waals surface area contributed by atoms with Gasteiger partial charge >= 0.3 is 0 Å². The van der Waals surface area contributed by atoms with Gasteiger partial charge in [-0.1, -0.05) is 6.07 Å². The first kappa shape index (κ1) is 19.8. The zero-order valence-electron chi connectivity index (χ0n) is 15.8. The number of amides is 1. The second-order valence-corrected chi connectivity index (χ2v) is 6.85. The van der Waals surface area contributed by atoms with Gasteiger partial charge in [0.05, 0.1) is 19.3 Å². The number of rotatable bonds is 8. The zero-order chi connectivity index (χ0) is 19.4. The molecule has 1 amide bonds. The van der Waals surface area contributed by atoms with Crippen molar-refractivity contribution in [3.8, 4) is 5.75 Å². The molecule has 0 fully saturated rings. The second-order valence-electron chi connectivity index (χ2n) is 6.85. The van der Waals surface area contributed by atoms with E-state index in [4.69, 9.17) is 4.74 Å². The van der Waals surface area contributed by atoms with Crippen molar-refractivity contribution < 1.29 is 23.9 Å². The second kappa shape index (κ2) is 8.25. The van der Waals surface area contributed by atoms with Crippen LogP contribution in [0.1, 0.15) is 44.7 Å². The van der Waals surface area contributed by atoms with Gasteiger partial charge in [-0.05, 0) is 50.8 Å². The molecular weight excluding hydrogens is 334 g/mol. The summed E-state index contributed by atoms with van der Waals surface area (Å²) in [5.41, 5.74) is 2.45. The molecule has 1 aromatic rings. The van der Waals surface area contributed by atoms with E-state index in [0.29, 0.717) is 30.7 Å². The number of nitrogens with zero attached hydrogens (tertiary/aromatic N) is 1. The van der Waals surface area contributed by atoms with Gasteiger partial charge in [0, 0.05) is 18.8 Å². The molecule has 1 aliphatic heterocycles. The molecule has 2 rings (SSSR count). The molecule has 6 heteroatoms. The maximum atomic E-state index is 12.4. The first-order valence-corrected chi connectivity index (χ1v) is 8.73. The van der Waals surface area contributed by atoms with E-state index in [-0.39, 0.29) is 42.1 Å². The van der Waals surface area contributed by atoms with Crippen LogP contribution in [0.5, 0.6) is 5.75 Å². The quantitative estimate of drug-likeness (QED) is 0.711. The van der Waals surface area contributed by atoms with Crippen molar-refractivity contribution in [3.63, 3.8) is 0 Å². The summed E-state index contributed by atoms with van der Waals surface area (Å²) < 4.78 is 5.42. The van der Waals surface area contributed by atoms with Crippen LogP contribution in [0.2, 0.25) is 0 Å². The van der Waals surface area contributed by atoms with Gasteiger partial charge in [-0.15, -0.1) is 0 Å². The fourth-order valence-electron chi connectivity index (χ4n) is 3.44. The third-order valence-corrected chi connectivity index (χ3v) is 4.68. The first-order valence-electron chi connectivity index (χ1n) is 8.73. The van der Waals surface area contributed by atoms with Gasteiger partial charge in [0.2, 0.25) is 5.91 Å². The Balaban J connectivity index is 2.49. The average molecular weight is 359 g/mol. The highest BCUT2D eigenvalue weighted by Crippen LogP contribution is 2.39. The number of hydrogen-bond acceptors (Lipinski definition) is 5. The van der Waals surface area contributed by atoms with Crippen LogP contribution in [0.4, 0.5) is 5.69 Å². The standard InChI is InChI=1S/C20H25NO5/c1-12(22)9-16(14(3)24)10-15-5-7-18(26-4)20-17(15)6-8-19(25)21(20)11-13(2)23/h5,7,16H,6,8-11H2,1-4H3. The van der Waals surface area contributed by atoms with Crippen LogP contribution in [0, 0.1) is 5.92 Å². The molecule has 0 saturated heterocycles. The number of ether oxygens (including phenoxy) is 1. The summed E-state index contributed by atoms with van der Waals surface area (Å²) >= 11 is 0. The number of Topliss-reactive ketones (excluding diaryl/α,β-unsaturated/α-hetero) is 3. The summed E-state index contributed by atoms with van der Waals surface area (Å²) in [6.45, 7) is 4.41. The van der Waals surface area contributed by atoms with Gasteiger partial charge in [0.25, 0.3) is 0 Å². The van der Waals surface area contributed by atoms with Crippen LogP contribution in [-0.4, -0.2) is 36.9 Å². The molecular formula is C20H25NO5. The molecule has 1 atom stereocenters. The highest BCUT2D eigenvalue weighted by molar-refractivity contribution is 6.02. The molecule has 1 aliphatic rings. The van der Waals surface area contributed by atoms with E-state index >= 15 is 0 Å². The van der Waals surface area contributed by atoms with Crippen molar-refractivity contribution in [2.24, 2.45) is 5.92 Å². The summed E-state index contributed by atoms with van der Waals surface area (Å²) in [7, 11) is 1.52. The molecule has 0 aromatic heterocycles. The minimum absolute atomic E-state index is 0.00473. The number of carbonyl (C=O) groups is 4. The SMILES string of the molecule is COc1ccc(CC(CC(C)=O)C(C)=O)c2c1N(CC(C)=O)C(=O)CC2. The van der Waals surface area contributed by atoms with E-state index in [1.165, 1.54) is 32.8 Å². The van der Waals surface area contributed by atoms with Crippen LogP contribution >= 0.6 is 0 Å². The smallest absolute Gasteiger partial charge is 0.227 e. The van der Waals surface area contributed by atoms with E-state index < -0.39 is 0 Å². The third kappa shape index (κ3) is 4.36. The molecule has 0 bridgehead atoms. The lowest BCUT2D eigenvalue weighted by molar-refractivity contribution is -0.125. The van der Waals surface area contributed by atoms with Crippen LogP contribution < -0.4 is 9.64 Å². The summed E-state index contributed by atoms with van der Waals surface area (Å²) in [4.78, 5) is 48.9. The topological polar surface area (TPSA) is 80.8 Å². The molecule has 0 spiro atoms. The van der Waals surface area contributed by atoms with Crippen LogP contribution in [0.3, 0.4) is 0 Å². The first-order chi connectivity index (χ1) is 12.2. The van der Waals surface area contributed by atoms with Crippen LogP contribution in [0.15, 0.2) is 12.1 Å². The van der Waals surface area contributed by atoms with Crippen molar-refractivity contribution in [2.75, 3.05) is 18.6 Å². The Labute approximate surface area is 153 Å². The number of benzene rings is 1. The Morgan fingerprint density at radius 3 is 2.35 bits per heavy atom. The van der Waals surface area contributed by atoms with Crippen LogP contribution in [-0.2, 0) is 32.0 Å². The molecule has 1 aromatic carbocycles. The Hall–Kier alpha value is -2.50. The maximum Gasteiger partial charge on any atom is 0.227 e. The normalized spacial score (nSPS) is 14.6. The Kier molecular flexibility index (Phi) is 6.29. The molecule has 0 radical (unpaired) electrons. The van der Waals surface area contributed by atoms with Crippen molar-refractivity contribution in [1.82, 2.24) is 0 Å². The lowest BCUT2D eigenvalue weighted by Gasteiger charge is -2.32. The predicted octanol–water partition coefficient (Wildman–Crippen LogP) is 2.29. The summed E-state index contributed by atoms with van der Waals surface area (Å²) in [6.07, 6.45) is 1.47.